The summed E-state index contributed by atoms with van der Waals surface area (Å²) in [4.78, 5) is 28.3. The molecular formula is C19H16ClN3O4S. The van der Waals surface area contributed by atoms with Gasteiger partial charge in [0.25, 0.3) is 0 Å². The number of para-hydroxylation sites is 2. The van der Waals surface area contributed by atoms with Crippen molar-refractivity contribution in [1.82, 2.24) is 4.98 Å². The predicted octanol–water partition coefficient (Wildman–Crippen LogP) is 4.48. The maximum absolute atomic E-state index is 12.3. The Morgan fingerprint density at radius 1 is 1.04 bits per heavy atom. The maximum atomic E-state index is 12.3. The molecule has 0 unspecified atom stereocenters. The Kier molecular flexibility index (Phi) is 6.13. The van der Waals surface area contributed by atoms with Crippen LogP contribution in [0.15, 0.2) is 48.7 Å². The standard InChI is InChI=1S/C19H16ClN3O4S/c1-11-7-8-12(15(9-11)27-14-6-4-3-5-13(14)26-2)22-17(24)18(25)23-19-21-10-16(20)28-19/h3-10H,1-2H3,(H,22,24)(H,21,23,25). The molecular weight excluding hydrogens is 402 g/mol. The van der Waals surface area contributed by atoms with E-state index in [2.05, 4.69) is 15.6 Å². The summed E-state index contributed by atoms with van der Waals surface area (Å²) in [6.07, 6.45) is 1.39. The van der Waals surface area contributed by atoms with E-state index in [1.54, 1.807) is 36.4 Å². The van der Waals surface area contributed by atoms with E-state index < -0.39 is 11.8 Å². The Labute approximate surface area is 170 Å². The molecule has 0 fully saturated rings. The number of nitrogens with one attached hydrogen (secondary N) is 2. The Balaban J connectivity index is 1.78. The summed E-state index contributed by atoms with van der Waals surface area (Å²) in [5, 5.41) is 5.18. The highest BCUT2D eigenvalue weighted by Crippen LogP contribution is 2.35. The zero-order valence-corrected chi connectivity index (χ0v) is 16.6. The molecule has 144 valence electrons. The Morgan fingerprint density at radius 2 is 1.75 bits per heavy atom. The molecule has 7 nitrogen and oxygen atoms in total. The number of carbonyl (C=O) groups is 2. The fourth-order valence-electron chi connectivity index (χ4n) is 2.28. The summed E-state index contributed by atoms with van der Waals surface area (Å²) in [7, 11) is 1.54. The average molecular weight is 418 g/mol. The van der Waals surface area contributed by atoms with Gasteiger partial charge in [0.05, 0.1) is 19.0 Å². The lowest BCUT2D eigenvalue weighted by atomic mass is 10.2. The Hall–Kier alpha value is -3.10. The number of aromatic nitrogens is 1. The number of anilines is 2. The molecule has 0 saturated carbocycles. The second-order valence-electron chi connectivity index (χ2n) is 5.63. The number of thiazole rings is 1. The molecule has 0 atom stereocenters. The third-order valence-electron chi connectivity index (χ3n) is 3.58. The van der Waals surface area contributed by atoms with Crippen LogP contribution in [0.3, 0.4) is 0 Å². The molecule has 3 aromatic rings. The first kappa shape index (κ1) is 19.7. The van der Waals surface area contributed by atoms with Crippen molar-refractivity contribution in [2.75, 3.05) is 17.7 Å². The summed E-state index contributed by atoms with van der Waals surface area (Å²) < 4.78 is 11.6. The van der Waals surface area contributed by atoms with Gasteiger partial charge in [-0.25, -0.2) is 4.98 Å². The molecule has 0 aliphatic rings. The highest BCUT2D eigenvalue weighted by molar-refractivity contribution is 7.19. The molecule has 0 radical (unpaired) electrons. The van der Waals surface area contributed by atoms with E-state index in [0.29, 0.717) is 27.3 Å². The van der Waals surface area contributed by atoms with Crippen LogP contribution in [0.5, 0.6) is 17.2 Å². The second-order valence-corrected chi connectivity index (χ2v) is 7.29. The number of nitrogens with zero attached hydrogens (tertiary/aromatic N) is 1. The molecule has 1 aromatic heterocycles. The lowest BCUT2D eigenvalue weighted by Gasteiger charge is -2.14. The summed E-state index contributed by atoms with van der Waals surface area (Å²) in [6, 6.07) is 12.3. The number of halogens is 1. The van der Waals surface area contributed by atoms with Crippen molar-refractivity contribution in [3.63, 3.8) is 0 Å². The van der Waals surface area contributed by atoms with Gasteiger partial charge in [0.2, 0.25) is 0 Å². The molecule has 28 heavy (non-hydrogen) atoms. The third kappa shape index (κ3) is 4.79. The molecule has 0 saturated heterocycles. The number of hydrogen-bond donors (Lipinski definition) is 2. The number of aryl methyl sites for hydroxylation is 1. The minimum absolute atomic E-state index is 0.236. The molecule has 0 spiro atoms. The van der Waals surface area contributed by atoms with Gasteiger partial charge in [-0.15, -0.1) is 0 Å². The van der Waals surface area contributed by atoms with E-state index >= 15 is 0 Å². The van der Waals surface area contributed by atoms with Gasteiger partial charge < -0.3 is 14.8 Å². The van der Waals surface area contributed by atoms with E-state index in [-0.39, 0.29) is 5.13 Å². The SMILES string of the molecule is COc1ccccc1Oc1cc(C)ccc1NC(=O)C(=O)Nc1ncc(Cl)s1. The van der Waals surface area contributed by atoms with Crippen molar-refractivity contribution in [3.05, 3.63) is 58.6 Å². The van der Waals surface area contributed by atoms with Gasteiger partial charge in [-0.3, -0.25) is 14.9 Å². The zero-order valence-electron chi connectivity index (χ0n) is 15.0. The quantitative estimate of drug-likeness (QED) is 0.597. The first-order chi connectivity index (χ1) is 13.5. The molecule has 0 bridgehead atoms. The van der Waals surface area contributed by atoms with Crippen molar-refractivity contribution in [2.24, 2.45) is 0 Å². The van der Waals surface area contributed by atoms with Crippen LogP contribution in [0, 0.1) is 6.92 Å². The number of hydrogen-bond acceptors (Lipinski definition) is 6. The van der Waals surface area contributed by atoms with Gasteiger partial charge >= 0.3 is 11.8 Å². The number of rotatable bonds is 5. The van der Waals surface area contributed by atoms with Gasteiger partial charge in [-0.1, -0.05) is 41.1 Å². The van der Waals surface area contributed by atoms with Crippen LogP contribution < -0.4 is 20.1 Å². The molecule has 0 aliphatic carbocycles. The Morgan fingerprint density at radius 3 is 2.43 bits per heavy atom. The molecule has 2 N–H and O–H groups in total. The van der Waals surface area contributed by atoms with Gasteiger partial charge in [0.1, 0.15) is 4.34 Å². The van der Waals surface area contributed by atoms with Gasteiger partial charge in [-0.2, -0.15) is 0 Å². The first-order valence-electron chi connectivity index (χ1n) is 8.11. The van der Waals surface area contributed by atoms with E-state index in [1.165, 1.54) is 13.3 Å². The van der Waals surface area contributed by atoms with Crippen molar-refractivity contribution in [3.8, 4) is 17.2 Å². The van der Waals surface area contributed by atoms with Crippen molar-refractivity contribution >= 4 is 45.6 Å². The zero-order chi connectivity index (χ0) is 20.1. The normalized spacial score (nSPS) is 10.2. The summed E-state index contributed by atoms with van der Waals surface area (Å²) in [6.45, 7) is 1.89. The first-order valence-corrected chi connectivity index (χ1v) is 9.31. The lowest BCUT2D eigenvalue weighted by Crippen LogP contribution is -2.29. The third-order valence-corrected chi connectivity index (χ3v) is 4.61. The van der Waals surface area contributed by atoms with E-state index in [9.17, 15) is 9.59 Å². The molecule has 1 heterocycles. The van der Waals surface area contributed by atoms with Crippen LogP contribution in [-0.2, 0) is 9.59 Å². The van der Waals surface area contributed by atoms with E-state index in [4.69, 9.17) is 21.1 Å². The number of benzene rings is 2. The van der Waals surface area contributed by atoms with E-state index in [1.807, 2.05) is 13.0 Å². The number of amides is 2. The van der Waals surface area contributed by atoms with Crippen molar-refractivity contribution in [2.45, 2.75) is 6.92 Å². The van der Waals surface area contributed by atoms with Crippen LogP contribution >= 0.6 is 22.9 Å². The minimum Gasteiger partial charge on any atom is -0.493 e. The topological polar surface area (TPSA) is 89.5 Å². The largest absolute Gasteiger partial charge is 0.493 e. The van der Waals surface area contributed by atoms with Crippen LogP contribution in [-0.4, -0.2) is 23.9 Å². The summed E-state index contributed by atoms with van der Waals surface area (Å²) in [5.41, 5.74) is 1.26. The van der Waals surface area contributed by atoms with Crippen LogP contribution in [0.2, 0.25) is 4.34 Å². The fraction of sp³-hybridized carbons (Fsp3) is 0.105. The smallest absolute Gasteiger partial charge is 0.315 e. The van der Waals surface area contributed by atoms with Gasteiger partial charge in [-0.05, 0) is 36.8 Å². The van der Waals surface area contributed by atoms with Crippen molar-refractivity contribution in [1.29, 1.82) is 0 Å². The summed E-state index contributed by atoms with van der Waals surface area (Å²) >= 11 is 6.82. The fourth-order valence-corrected chi connectivity index (χ4v) is 3.09. The molecule has 3 rings (SSSR count). The van der Waals surface area contributed by atoms with Crippen LogP contribution in [0.1, 0.15) is 5.56 Å². The number of carbonyl (C=O) groups excluding carboxylic acids is 2. The van der Waals surface area contributed by atoms with Crippen molar-refractivity contribution < 1.29 is 19.1 Å². The second kappa shape index (κ2) is 8.73. The molecule has 0 aliphatic heterocycles. The number of methoxy groups -OCH3 is 1. The van der Waals surface area contributed by atoms with Crippen LogP contribution in [0.25, 0.3) is 0 Å². The Bertz CT molecular complexity index is 1020. The lowest BCUT2D eigenvalue weighted by molar-refractivity contribution is -0.133. The average Bonchev–Trinajstić information content (AvgIpc) is 3.09. The van der Waals surface area contributed by atoms with Gasteiger partial charge in [0, 0.05) is 0 Å². The molecule has 2 aromatic carbocycles. The van der Waals surface area contributed by atoms with Gasteiger partial charge in [0.15, 0.2) is 22.4 Å². The summed E-state index contributed by atoms with van der Waals surface area (Å²) in [5.74, 6) is -0.328. The molecule has 2 amide bonds. The van der Waals surface area contributed by atoms with Crippen LogP contribution in [0.4, 0.5) is 10.8 Å². The maximum Gasteiger partial charge on any atom is 0.315 e. The van der Waals surface area contributed by atoms with E-state index in [0.717, 1.165) is 16.9 Å². The minimum atomic E-state index is -0.866. The highest BCUT2D eigenvalue weighted by atomic mass is 35.5. The molecule has 9 heteroatoms. The predicted molar refractivity (Wildman–Crippen MR) is 109 cm³/mol. The monoisotopic (exact) mass is 417 g/mol. The highest BCUT2D eigenvalue weighted by Gasteiger charge is 2.18. The number of ether oxygens (including phenoxy) is 2.